The molecule has 1 saturated heterocycles. The Labute approximate surface area is 175 Å². The first kappa shape index (κ1) is 19.4. The van der Waals surface area contributed by atoms with Crippen molar-refractivity contribution in [2.45, 2.75) is 26.3 Å². The summed E-state index contributed by atoms with van der Waals surface area (Å²) in [5, 5.41) is 3.91. The van der Waals surface area contributed by atoms with E-state index in [2.05, 4.69) is 52.7 Å². The van der Waals surface area contributed by atoms with Crippen molar-refractivity contribution in [2.75, 3.05) is 29.9 Å². The van der Waals surface area contributed by atoms with Crippen LogP contribution in [-0.4, -0.2) is 46.0 Å². The van der Waals surface area contributed by atoms with Crippen molar-refractivity contribution >= 4 is 28.4 Å². The Hall–Kier alpha value is -2.93. The van der Waals surface area contributed by atoms with Crippen molar-refractivity contribution in [3.8, 4) is 0 Å². The summed E-state index contributed by atoms with van der Waals surface area (Å²) >= 11 is 1.44. The number of hydrogen-bond donors (Lipinski definition) is 1. The fourth-order valence-electron chi connectivity index (χ4n) is 3.48. The zero-order valence-corrected chi connectivity index (χ0v) is 17.5. The maximum atomic E-state index is 12.6. The van der Waals surface area contributed by atoms with E-state index in [9.17, 15) is 4.79 Å². The normalized spacial score (nSPS) is 16.7. The van der Waals surface area contributed by atoms with Gasteiger partial charge < -0.3 is 15.1 Å². The zero-order valence-electron chi connectivity index (χ0n) is 16.7. The van der Waals surface area contributed by atoms with E-state index < -0.39 is 0 Å². The number of aromatic nitrogens is 2. The Kier molecular flexibility index (Phi) is 5.76. The number of nitrogens with one attached hydrogen (secondary N) is 1. The predicted molar refractivity (Wildman–Crippen MR) is 118 cm³/mol. The van der Waals surface area contributed by atoms with Crippen molar-refractivity contribution in [1.29, 1.82) is 0 Å². The van der Waals surface area contributed by atoms with E-state index in [1.54, 1.807) is 0 Å². The number of hydrogen-bond acceptors (Lipinski definition) is 5. The topological polar surface area (TPSA) is 61.4 Å². The monoisotopic (exact) mass is 407 g/mol. The number of benzene rings is 2. The number of carbonyl (C=O) groups is 1. The number of carbonyl (C=O) groups excluding carboxylic acids is 1. The number of rotatable bonds is 4. The summed E-state index contributed by atoms with van der Waals surface area (Å²) in [4.78, 5) is 21.5. The van der Waals surface area contributed by atoms with Gasteiger partial charge in [0.05, 0.1) is 0 Å². The van der Waals surface area contributed by atoms with Crippen molar-refractivity contribution < 1.29 is 4.79 Å². The number of anilines is 2. The molecule has 1 aromatic heterocycles. The number of nitrogens with zero attached hydrogens (tertiary/aromatic N) is 4. The minimum absolute atomic E-state index is 0.0549. The van der Waals surface area contributed by atoms with Gasteiger partial charge in [-0.15, -0.1) is 0 Å². The number of amides is 2. The van der Waals surface area contributed by atoms with E-state index in [0.717, 1.165) is 36.2 Å². The molecule has 6 nitrogen and oxygen atoms in total. The van der Waals surface area contributed by atoms with E-state index >= 15 is 0 Å². The van der Waals surface area contributed by atoms with Gasteiger partial charge >= 0.3 is 6.03 Å². The molecule has 3 aromatic rings. The SMILES string of the molecule is Cc1ccc(Cc2nsc(N3CCN(C(=O)Nc4ccccc4)C(C)C3)n2)cc1. The summed E-state index contributed by atoms with van der Waals surface area (Å²) in [5.41, 5.74) is 3.29. The Balaban J connectivity index is 1.35. The second-order valence-electron chi connectivity index (χ2n) is 7.44. The molecule has 1 unspecified atom stereocenters. The first-order valence-corrected chi connectivity index (χ1v) is 10.6. The fourth-order valence-corrected chi connectivity index (χ4v) is 4.20. The minimum Gasteiger partial charge on any atom is -0.343 e. The number of para-hydroxylation sites is 1. The fraction of sp³-hybridized carbons (Fsp3) is 0.318. The lowest BCUT2D eigenvalue weighted by Gasteiger charge is -2.39. The number of aryl methyl sites for hydroxylation is 1. The molecule has 0 spiro atoms. The average molecular weight is 408 g/mol. The summed E-state index contributed by atoms with van der Waals surface area (Å²) in [7, 11) is 0. The van der Waals surface area contributed by atoms with Gasteiger partial charge in [-0.25, -0.2) is 9.78 Å². The van der Waals surface area contributed by atoms with E-state index in [1.165, 1.54) is 22.7 Å². The molecule has 0 saturated carbocycles. The van der Waals surface area contributed by atoms with Crippen molar-refractivity contribution in [3.63, 3.8) is 0 Å². The van der Waals surface area contributed by atoms with Crippen LogP contribution >= 0.6 is 11.5 Å². The van der Waals surface area contributed by atoms with E-state index in [4.69, 9.17) is 4.98 Å². The summed E-state index contributed by atoms with van der Waals surface area (Å²) in [6.07, 6.45) is 0.742. The van der Waals surface area contributed by atoms with Gasteiger partial charge in [-0.3, -0.25) is 0 Å². The van der Waals surface area contributed by atoms with Crippen LogP contribution in [0.1, 0.15) is 23.9 Å². The van der Waals surface area contributed by atoms with Crippen LogP contribution in [0, 0.1) is 6.92 Å². The molecular weight excluding hydrogens is 382 g/mol. The maximum Gasteiger partial charge on any atom is 0.322 e. The lowest BCUT2D eigenvalue weighted by molar-refractivity contribution is 0.185. The van der Waals surface area contributed by atoms with Crippen LogP contribution in [0.5, 0.6) is 0 Å². The highest BCUT2D eigenvalue weighted by atomic mass is 32.1. The molecule has 1 N–H and O–H groups in total. The minimum atomic E-state index is -0.0549. The number of urea groups is 1. The van der Waals surface area contributed by atoms with Crippen molar-refractivity contribution in [2.24, 2.45) is 0 Å². The highest BCUT2D eigenvalue weighted by molar-refractivity contribution is 7.09. The lowest BCUT2D eigenvalue weighted by Crippen LogP contribution is -2.55. The second kappa shape index (κ2) is 8.61. The molecule has 2 heterocycles. The van der Waals surface area contributed by atoms with Gasteiger partial charge in [0.15, 0.2) is 0 Å². The molecule has 1 fully saturated rings. The molecule has 150 valence electrons. The van der Waals surface area contributed by atoms with Gasteiger partial charge in [0, 0.05) is 49.3 Å². The molecule has 2 aromatic carbocycles. The largest absolute Gasteiger partial charge is 0.343 e. The van der Waals surface area contributed by atoms with Gasteiger partial charge in [0.25, 0.3) is 0 Å². The predicted octanol–water partition coefficient (Wildman–Crippen LogP) is 4.18. The molecular formula is C22H25N5OS. The van der Waals surface area contributed by atoms with Gasteiger partial charge in [0.2, 0.25) is 5.13 Å². The Morgan fingerprint density at radius 2 is 1.90 bits per heavy atom. The van der Waals surface area contributed by atoms with E-state index in [0.29, 0.717) is 6.54 Å². The standard InChI is InChI=1S/C22H25N5OS/c1-16-8-10-18(11-9-16)14-20-24-22(29-25-20)26-12-13-27(17(2)15-26)21(28)23-19-6-4-3-5-7-19/h3-11,17H,12-15H2,1-2H3,(H,23,28). The van der Waals surface area contributed by atoms with Gasteiger partial charge in [-0.1, -0.05) is 48.0 Å². The van der Waals surface area contributed by atoms with Gasteiger partial charge in [0.1, 0.15) is 5.82 Å². The number of piperazine rings is 1. The van der Waals surface area contributed by atoms with Crippen molar-refractivity contribution in [3.05, 3.63) is 71.5 Å². The van der Waals surface area contributed by atoms with Crippen LogP contribution in [0.4, 0.5) is 15.6 Å². The summed E-state index contributed by atoms with van der Waals surface area (Å²) in [6.45, 7) is 6.33. The molecule has 1 aliphatic rings. The highest BCUT2D eigenvalue weighted by Gasteiger charge is 2.29. The molecule has 29 heavy (non-hydrogen) atoms. The third-order valence-electron chi connectivity index (χ3n) is 5.12. The third kappa shape index (κ3) is 4.74. The van der Waals surface area contributed by atoms with Crippen LogP contribution < -0.4 is 10.2 Å². The smallest absolute Gasteiger partial charge is 0.322 e. The Bertz CT molecular complexity index is 957. The summed E-state index contributed by atoms with van der Waals surface area (Å²) < 4.78 is 4.54. The van der Waals surface area contributed by atoms with E-state index in [-0.39, 0.29) is 12.1 Å². The third-order valence-corrected chi connectivity index (χ3v) is 5.94. The Morgan fingerprint density at radius 3 is 2.62 bits per heavy atom. The summed E-state index contributed by atoms with van der Waals surface area (Å²) in [5.74, 6) is 0.853. The van der Waals surface area contributed by atoms with Crippen LogP contribution in [-0.2, 0) is 6.42 Å². The van der Waals surface area contributed by atoms with Crippen LogP contribution in [0.2, 0.25) is 0 Å². The Morgan fingerprint density at radius 1 is 1.14 bits per heavy atom. The molecule has 0 bridgehead atoms. The molecule has 1 atom stereocenters. The summed E-state index contributed by atoms with van der Waals surface area (Å²) in [6, 6.07) is 18.1. The highest BCUT2D eigenvalue weighted by Crippen LogP contribution is 2.23. The van der Waals surface area contributed by atoms with Gasteiger partial charge in [-0.2, -0.15) is 4.37 Å². The van der Waals surface area contributed by atoms with E-state index in [1.807, 2.05) is 35.2 Å². The maximum absolute atomic E-state index is 12.6. The molecule has 1 aliphatic heterocycles. The molecule has 0 aliphatic carbocycles. The van der Waals surface area contributed by atoms with Crippen LogP contribution in [0.3, 0.4) is 0 Å². The molecule has 4 rings (SSSR count). The first-order valence-electron chi connectivity index (χ1n) is 9.84. The average Bonchev–Trinajstić information content (AvgIpc) is 3.19. The van der Waals surface area contributed by atoms with Gasteiger partial charge in [-0.05, 0) is 31.5 Å². The van der Waals surface area contributed by atoms with Crippen molar-refractivity contribution in [1.82, 2.24) is 14.3 Å². The lowest BCUT2D eigenvalue weighted by atomic mass is 10.1. The molecule has 2 amide bonds. The zero-order chi connectivity index (χ0) is 20.2. The molecule has 7 heteroatoms. The van der Waals surface area contributed by atoms with Crippen LogP contribution in [0.15, 0.2) is 54.6 Å². The first-order chi connectivity index (χ1) is 14.1. The van der Waals surface area contributed by atoms with Crippen LogP contribution in [0.25, 0.3) is 0 Å². The quantitative estimate of drug-likeness (QED) is 0.705. The molecule has 0 radical (unpaired) electrons. The second-order valence-corrected chi connectivity index (χ2v) is 8.17.